The molecule has 2 aliphatic rings. The maximum Gasteiger partial charge on any atom is 0.316 e. The third kappa shape index (κ3) is 3.97. The molecule has 9 heteroatoms. The fourth-order valence-corrected chi connectivity index (χ4v) is 4.39. The lowest BCUT2D eigenvalue weighted by Crippen LogP contribution is -2.55. The number of nitrogens with one attached hydrogen (secondary N) is 2. The number of rotatable bonds is 5. The molecule has 1 saturated heterocycles. The second kappa shape index (κ2) is 7.30. The van der Waals surface area contributed by atoms with Crippen molar-refractivity contribution in [1.82, 2.24) is 25.4 Å². The SMILES string of the molecule is Cc1csc([C@H](NC(=O)N[C@@H]2CCCN(c3ccn(C)n3)C2=O)C2CC2)n1. The molecular weight excluding hydrogens is 364 g/mol. The monoisotopic (exact) mass is 388 g/mol. The van der Waals surface area contributed by atoms with Crippen molar-refractivity contribution in [3.05, 3.63) is 28.3 Å². The van der Waals surface area contributed by atoms with Crippen LogP contribution in [-0.4, -0.2) is 39.3 Å². The van der Waals surface area contributed by atoms with Gasteiger partial charge in [0.15, 0.2) is 5.82 Å². The summed E-state index contributed by atoms with van der Waals surface area (Å²) in [4.78, 5) is 31.6. The van der Waals surface area contributed by atoms with Crippen molar-refractivity contribution in [3.63, 3.8) is 0 Å². The molecule has 2 fully saturated rings. The Hall–Kier alpha value is -2.42. The lowest BCUT2D eigenvalue weighted by Gasteiger charge is -2.31. The summed E-state index contributed by atoms with van der Waals surface area (Å²) in [7, 11) is 1.82. The molecule has 4 rings (SSSR count). The van der Waals surface area contributed by atoms with Crippen LogP contribution in [0.25, 0.3) is 0 Å². The predicted octanol–water partition coefficient (Wildman–Crippen LogP) is 2.13. The van der Waals surface area contributed by atoms with Crippen LogP contribution in [0, 0.1) is 12.8 Å². The number of anilines is 1. The zero-order chi connectivity index (χ0) is 19.0. The predicted molar refractivity (Wildman–Crippen MR) is 103 cm³/mol. The summed E-state index contributed by atoms with van der Waals surface area (Å²) < 4.78 is 1.67. The summed E-state index contributed by atoms with van der Waals surface area (Å²) in [5, 5.41) is 13.2. The van der Waals surface area contributed by atoms with Gasteiger partial charge >= 0.3 is 6.03 Å². The van der Waals surface area contributed by atoms with Gasteiger partial charge in [-0.3, -0.25) is 14.4 Å². The average Bonchev–Trinajstić information content (AvgIpc) is 3.25. The van der Waals surface area contributed by atoms with Gasteiger partial charge in [-0.1, -0.05) is 0 Å². The fourth-order valence-electron chi connectivity index (χ4n) is 3.45. The van der Waals surface area contributed by atoms with Crippen LogP contribution in [0.1, 0.15) is 42.4 Å². The summed E-state index contributed by atoms with van der Waals surface area (Å²) in [5.41, 5.74) is 0.969. The molecule has 3 amide bonds. The van der Waals surface area contributed by atoms with Gasteiger partial charge in [-0.05, 0) is 38.5 Å². The molecule has 1 saturated carbocycles. The Morgan fingerprint density at radius 2 is 2.19 bits per heavy atom. The highest BCUT2D eigenvalue weighted by atomic mass is 32.1. The van der Waals surface area contributed by atoms with Gasteiger partial charge in [0.2, 0.25) is 0 Å². The van der Waals surface area contributed by atoms with E-state index in [4.69, 9.17) is 0 Å². The average molecular weight is 388 g/mol. The van der Waals surface area contributed by atoms with E-state index in [0.29, 0.717) is 24.7 Å². The van der Waals surface area contributed by atoms with Crippen molar-refractivity contribution in [1.29, 1.82) is 0 Å². The number of amides is 3. The minimum Gasteiger partial charge on any atom is -0.329 e. The van der Waals surface area contributed by atoms with E-state index in [-0.39, 0.29) is 18.0 Å². The summed E-state index contributed by atoms with van der Waals surface area (Å²) in [6.07, 6.45) is 5.46. The van der Waals surface area contributed by atoms with Crippen LogP contribution in [-0.2, 0) is 11.8 Å². The summed E-state index contributed by atoms with van der Waals surface area (Å²) in [6, 6.07) is 0.905. The number of carbonyl (C=O) groups is 2. The highest BCUT2D eigenvalue weighted by Gasteiger charge is 2.37. The number of nitrogens with zero attached hydrogens (tertiary/aromatic N) is 4. The van der Waals surface area contributed by atoms with Crippen LogP contribution in [0.5, 0.6) is 0 Å². The van der Waals surface area contributed by atoms with E-state index in [1.165, 1.54) is 0 Å². The number of aryl methyl sites for hydroxylation is 2. The number of aromatic nitrogens is 3. The zero-order valence-corrected chi connectivity index (χ0v) is 16.3. The van der Waals surface area contributed by atoms with E-state index in [1.807, 2.05) is 31.6 Å². The van der Waals surface area contributed by atoms with E-state index < -0.39 is 6.04 Å². The number of urea groups is 1. The normalized spacial score (nSPS) is 21.2. The molecule has 144 valence electrons. The first-order valence-electron chi connectivity index (χ1n) is 9.31. The van der Waals surface area contributed by atoms with Gasteiger partial charge in [-0.2, -0.15) is 5.10 Å². The number of hydrogen-bond donors (Lipinski definition) is 2. The molecule has 0 spiro atoms. The van der Waals surface area contributed by atoms with Crippen LogP contribution in [0.2, 0.25) is 0 Å². The van der Waals surface area contributed by atoms with E-state index in [9.17, 15) is 9.59 Å². The minimum absolute atomic E-state index is 0.0747. The van der Waals surface area contributed by atoms with Gasteiger partial charge in [0, 0.05) is 36.9 Å². The highest BCUT2D eigenvalue weighted by Crippen LogP contribution is 2.41. The lowest BCUT2D eigenvalue weighted by molar-refractivity contribution is -0.121. The van der Waals surface area contributed by atoms with Gasteiger partial charge in [0.1, 0.15) is 11.0 Å². The number of thiazole rings is 1. The standard InChI is InChI=1S/C18H24N6O2S/c1-11-10-27-16(19-11)15(12-5-6-12)21-18(26)20-13-4-3-8-24(17(13)25)14-7-9-23(2)22-14/h7,9-10,12-13,15H,3-6,8H2,1-2H3,(H2,20,21,26)/t13-,15-/m1/s1. The number of hydrogen-bond acceptors (Lipinski definition) is 5. The van der Waals surface area contributed by atoms with E-state index in [0.717, 1.165) is 30.0 Å². The van der Waals surface area contributed by atoms with Crippen LogP contribution in [0.15, 0.2) is 17.6 Å². The van der Waals surface area contributed by atoms with Crippen molar-refractivity contribution in [2.24, 2.45) is 13.0 Å². The summed E-state index contributed by atoms with van der Waals surface area (Å²) in [5.74, 6) is 0.958. The molecule has 0 bridgehead atoms. The van der Waals surface area contributed by atoms with Gasteiger partial charge in [-0.15, -0.1) is 11.3 Å². The Balaban J connectivity index is 1.40. The molecule has 27 heavy (non-hydrogen) atoms. The molecule has 0 aromatic carbocycles. The van der Waals surface area contributed by atoms with Crippen LogP contribution in [0.3, 0.4) is 0 Å². The molecule has 2 aromatic heterocycles. The van der Waals surface area contributed by atoms with Gasteiger partial charge in [-0.25, -0.2) is 9.78 Å². The Labute approximate surface area is 162 Å². The number of piperidine rings is 1. The third-order valence-electron chi connectivity index (χ3n) is 5.00. The molecule has 3 heterocycles. The molecule has 2 aromatic rings. The topological polar surface area (TPSA) is 92.2 Å². The molecule has 1 aliphatic carbocycles. The molecular formula is C18H24N6O2S. The fraction of sp³-hybridized carbons (Fsp3) is 0.556. The second-order valence-corrected chi connectivity index (χ2v) is 8.18. The minimum atomic E-state index is -0.529. The van der Waals surface area contributed by atoms with Crippen LogP contribution in [0.4, 0.5) is 10.6 Å². The quantitative estimate of drug-likeness (QED) is 0.821. The van der Waals surface area contributed by atoms with Crippen molar-refractivity contribution >= 4 is 29.1 Å². The largest absolute Gasteiger partial charge is 0.329 e. The molecule has 0 radical (unpaired) electrons. The first-order valence-corrected chi connectivity index (χ1v) is 10.2. The molecule has 0 unspecified atom stereocenters. The maximum absolute atomic E-state index is 12.8. The van der Waals surface area contributed by atoms with E-state index in [2.05, 4.69) is 20.7 Å². The van der Waals surface area contributed by atoms with Crippen molar-refractivity contribution in [3.8, 4) is 0 Å². The van der Waals surface area contributed by atoms with Gasteiger partial charge in [0.25, 0.3) is 5.91 Å². The Bertz CT molecular complexity index is 843. The molecule has 8 nitrogen and oxygen atoms in total. The summed E-state index contributed by atoms with van der Waals surface area (Å²) >= 11 is 1.58. The zero-order valence-electron chi connectivity index (χ0n) is 15.5. The maximum atomic E-state index is 12.8. The Kier molecular flexibility index (Phi) is 4.86. The molecule has 1 aliphatic heterocycles. The Morgan fingerprint density at radius 3 is 2.81 bits per heavy atom. The smallest absolute Gasteiger partial charge is 0.316 e. The van der Waals surface area contributed by atoms with Gasteiger partial charge < -0.3 is 10.6 Å². The highest BCUT2D eigenvalue weighted by molar-refractivity contribution is 7.09. The van der Waals surface area contributed by atoms with Crippen LogP contribution < -0.4 is 15.5 Å². The first-order chi connectivity index (χ1) is 13.0. The van der Waals surface area contributed by atoms with Crippen molar-refractivity contribution in [2.45, 2.75) is 44.7 Å². The van der Waals surface area contributed by atoms with E-state index in [1.54, 1.807) is 20.9 Å². The van der Waals surface area contributed by atoms with Gasteiger partial charge in [0.05, 0.1) is 6.04 Å². The van der Waals surface area contributed by atoms with Crippen LogP contribution >= 0.6 is 11.3 Å². The molecule has 2 atom stereocenters. The molecule has 2 N–H and O–H groups in total. The Morgan fingerprint density at radius 1 is 1.37 bits per heavy atom. The third-order valence-corrected chi connectivity index (χ3v) is 6.05. The first kappa shape index (κ1) is 18.0. The second-order valence-electron chi connectivity index (χ2n) is 7.29. The van der Waals surface area contributed by atoms with Crippen molar-refractivity contribution < 1.29 is 9.59 Å². The van der Waals surface area contributed by atoms with Crippen molar-refractivity contribution in [2.75, 3.05) is 11.4 Å². The lowest BCUT2D eigenvalue weighted by atomic mass is 10.0. The van der Waals surface area contributed by atoms with E-state index >= 15 is 0 Å². The number of carbonyl (C=O) groups excluding carboxylic acids is 2. The summed E-state index contributed by atoms with van der Waals surface area (Å²) in [6.45, 7) is 2.58.